The first kappa shape index (κ1) is 20.9. The molecule has 0 saturated carbocycles. The largest absolute Gasteiger partial charge is 0.494 e. The number of carbonyl (C=O) groups excluding carboxylic acids is 1. The number of nitrogens with zero attached hydrogens (tertiary/aromatic N) is 1. The van der Waals surface area contributed by atoms with E-state index < -0.39 is 5.82 Å². The van der Waals surface area contributed by atoms with E-state index in [1.165, 1.54) is 46.6 Å². The number of rotatable bonds is 8. The molecule has 0 saturated heterocycles. The molecular formula is C22H21FN2O5. The van der Waals surface area contributed by atoms with Crippen LogP contribution in [-0.4, -0.2) is 44.4 Å². The van der Waals surface area contributed by atoms with E-state index in [0.717, 1.165) is 11.6 Å². The van der Waals surface area contributed by atoms with Gasteiger partial charge in [0.25, 0.3) is 0 Å². The van der Waals surface area contributed by atoms with Gasteiger partial charge in [-0.2, -0.15) is 5.10 Å². The monoisotopic (exact) mass is 412 g/mol. The highest BCUT2D eigenvalue weighted by Crippen LogP contribution is 2.40. The average Bonchev–Trinajstić information content (AvgIpc) is 3.25. The van der Waals surface area contributed by atoms with Gasteiger partial charge in [-0.05, 0) is 48.6 Å². The predicted molar refractivity (Wildman–Crippen MR) is 110 cm³/mol. The first-order valence-corrected chi connectivity index (χ1v) is 8.92. The minimum Gasteiger partial charge on any atom is -0.494 e. The summed E-state index contributed by atoms with van der Waals surface area (Å²) in [6.45, 7) is 0. The Kier molecular flexibility index (Phi) is 6.36. The van der Waals surface area contributed by atoms with Crippen LogP contribution in [0.15, 0.2) is 42.5 Å². The first-order chi connectivity index (χ1) is 14.5. The van der Waals surface area contributed by atoms with Crippen LogP contribution in [0.4, 0.5) is 4.39 Å². The Morgan fingerprint density at radius 1 is 0.933 bits per heavy atom. The summed E-state index contributed by atoms with van der Waals surface area (Å²) >= 11 is 0. The number of hydrogen-bond donors (Lipinski definition) is 1. The molecule has 0 unspecified atom stereocenters. The Morgan fingerprint density at radius 3 is 2.17 bits per heavy atom. The molecule has 0 aliphatic heterocycles. The Labute approximate surface area is 173 Å². The van der Waals surface area contributed by atoms with Crippen LogP contribution in [0.25, 0.3) is 17.3 Å². The molecule has 1 heterocycles. The van der Waals surface area contributed by atoms with Crippen LogP contribution in [0.2, 0.25) is 0 Å². The van der Waals surface area contributed by atoms with Crippen LogP contribution in [0, 0.1) is 5.82 Å². The fourth-order valence-electron chi connectivity index (χ4n) is 2.88. The number of aromatic nitrogens is 2. The van der Waals surface area contributed by atoms with Gasteiger partial charge in [0.1, 0.15) is 0 Å². The second-order valence-corrected chi connectivity index (χ2v) is 6.17. The molecule has 1 aromatic heterocycles. The molecule has 30 heavy (non-hydrogen) atoms. The predicted octanol–water partition coefficient (Wildman–Crippen LogP) is 4.15. The molecule has 8 heteroatoms. The smallest absolute Gasteiger partial charge is 0.203 e. The number of methoxy groups -OCH3 is 4. The van der Waals surface area contributed by atoms with Crippen molar-refractivity contribution in [2.24, 2.45) is 0 Å². The van der Waals surface area contributed by atoms with Crippen LogP contribution < -0.4 is 18.9 Å². The number of benzene rings is 2. The maximum absolute atomic E-state index is 13.8. The van der Waals surface area contributed by atoms with Gasteiger partial charge in [0.2, 0.25) is 5.75 Å². The highest BCUT2D eigenvalue weighted by atomic mass is 19.1. The summed E-state index contributed by atoms with van der Waals surface area (Å²) in [4.78, 5) is 12.3. The fourth-order valence-corrected chi connectivity index (χ4v) is 2.88. The van der Waals surface area contributed by atoms with Gasteiger partial charge in [0, 0.05) is 11.1 Å². The quantitative estimate of drug-likeness (QED) is 0.442. The number of aromatic amines is 1. The second-order valence-electron chi connectivity index (χ2n) is 6.17. The van der Waals surface area contributed by atoms with Crippen molar-refractivity contribution >= 4 is 11.9 Å². The molecule has 0 aliphatic carbocycles. The summed E-state index contributed by atoms with van der Waals surface area (Å²) in [7, 11) is 5.97. The van der Waals surface area contributed by atoms with Crippen LogP contribution in [-0.2, 0) is 0 Å². The number of carbonyl (C=O) groups is 1. The lowest BCUT2D eigenvalue weighted by Gasteiger charge is -2.13. The van der Waals surface area contributed by atoms with E-state index in [1.54, 1.807) is 24.3 Å². The van der Waals surface area contributed by atoms with Gasteiger partial charge < -0.3 is 18.9 Å². The number of nitrogens with one attached hydrogen (secondary N) is 1. The fraction of sp³-hybridized carbons (Fsp3) is 0.182. The van der Waals surface area contributed by atoms with Crippen LogP contribution in [0.3, 0.4) is 0 Å². The number of allylic oxidation sites excluding steroid dienone is 1. The summed E-state index contributed by atoms with van der Waals surface area (Å²) in [6.07, 6.45) is 2.91. The van der Waals surface area contributed by atoms with Gasteiger partial charge in [-0.15, -0.1) is 0 Å². The highest BCUT2D eigenvalue weighted by molar-refractivity contribution is 6.06. The molecular weight excluding hydrogens is 391 g/mol. The first-order valence-electron chi connectivity index (χ1n) is 8.92. The van der Waals surface area contributed by atoms with Crippen molar-refractivity contribution in [3.8, 4) is 34.3 Å². The molecule has 3 rings (SSSR count). The topological polar surface area (TPSA) is 82.7 Å². The van der Waals surface area contributed by atoms with Gasteiger partial charge in [-0.25, -0.2) is 4.39 Å². The highest BCUT2D eigenvalue weighted by Gasteiger charge is 2.15. The van der Waals surface area contributed by atoms with E-state index in [4.69, 9.17) is 18.9 Å². The molecule has 2 aromatic carbocycles. The maximum atomic E-state index is 13.8. The van der Waals surface area contributed by atoms with Gasteiger partial charge in [-0.3, -0.25) is 9.89 Å². The zero-order valence-electron chi connectivity index (χ0n) is 17.0. The number of halogens is 1. The molecule has 0 spiro atoms. The maximum Gasteiger partial charge on any atom is 0.203 e. The second kappa shape index (κ2) is 9.13. The van der Waals surface area contributed by atoms with Gasteiger partial charge in [0.15, 0.2) is 28.8 Å². The lowest BCUT2D eigenvalue weighted by molar-refractivity contribution is 0.104. The Bertz CT molecular complexity index is 1070. The van der Waals surface area contributed by atoms with E-state index in [1.807, 2.05) is 0 Å². The summed E-state index contributed by atoms with van der Waals surface area (Å²) in [5.41, 5.74) is 2.18. The van der Waals surface area contributed by atoms with E-state index in [0.29, 0.717) is 28.6 Å². The molecule has 0 radical (unpaired) electrons. The third kappa shape index (κ3) is 4.27. The third-order valence-corrected chi connectivity index (χ3v) is 4.41. The van der Waals surface area contributed by atoms with Crippen molar-refractivity contribution in [1.29, 1.82) is 0 Å². The lowest BCUT2D eigenvalue weighted by Crippen LogP contribution is -1.97. The number of ketones is 1. The number of ether oxygens (including phenoxy) is 4. The summed E-state index contributed by atoms with van der Waals surface area (Å²) in [6, 6.07) is 9.36. The van der Waals surface area contributed by atoms with Crippen LogP contribution >= 0.6 is 0 Å². The van der Waals surface area contributed by atoms with Gasteiger partial charge in [-0.1, -0.05) is 0 Å². The van der Waals surface area contributed by atoms with E-state index in [-0.39, 0.29) is 17.1 Å². The molecule has 0 aliphatic rings. The Morgan fingerprint density at radius 2 is 1.60 bits per heavy atom. The van der Waals surface area contributed by atoms with Crippen molar-refractivity contribution in [3.05, 3.63) is 59.5 Å². The molecule has 0 amide bonds. The van der Waals surface area contributed by atoms with Crippen molar-refractivity contribution in [2.75, 3.05) is 28.4 Å². The van der Waals surface area contributed by atoms with Gasteiger partial charge in [0.05, 0.1) is 39.8 Å². The normalized spacial score (nSPS) is 10.8. The van der Waals surface area contributed by atoms with Gasteiger partial charge >= 0.3 is 0 Å². The van der Waals surface area contributed by atoms with Crippen molar-refractivity contribution in [2.45, 2.75) is 0 Å². The molecule has 3 aromatic rings. The number of H-pyrrole nitrogens is 1. The molecule has 1 N–H and O–H groups in total. The molecule has 0 fully saturated rings. The number of hydrogen-bond acceptors (Lipinski definition) is 6. The Hall–Kier alpha value is -3.81. The molecule has 156 valence electrons. The van der Waals surface area contributed by atoms with Crippen molar-refractivity contribution in [1.82, 2.24) is 10.2 Å². The molecule has 0 bridgehead atoms. The standard InChI is InChI=1S/C22H21FN2O5/c1-27-19-8-5-13(9-16(19)23)18(26)7-6-15-12-17(25-24-15)14-10-20(28-2)22(30-4)21(11-14)29-3/h5-12H,1-4H3,(H,24,25)/b7-6+. The minimum atomic E-state index is -0.594. The average molecular weight is 412 g/mol. The zero-order valence-corrected chi connectivity index (χ0v) is 17.0. The van der Waals surface area contributed by atoms with E-state index >= 15 is 0 Å². The van der Waals surface area contributed by atoms with Crippen molar-refractivity contribution in [3.63, 3.8) is 0 Å². The molecule has 0 atom stereocenters. The summed E-state index contributed by atoms with van der Waals surface area (Å²) in [5.74, 6) is 0.631. The zero-order chi connectivity index (χ0) is 21.7. The van der Waals surface area contributed by atoms with Crippen molar-refractivity contribution < 1.29 is 28.1 Å². The summed E-state index contributed by atoms with van der Waals surface area (Å²) in [5, 5.41) is 7.11. The SMILES string of the molecule is COc1ccc(C(=O)/C=C/c2cc(-c3cc(OC)c(OC)c(OC)c3)n[nH]2)cc1F. The van der Waals surface area contributed by atoms with E-state index in [2.05, 4.69) is 10.2 Å². The minimum absolute atomic E-state index is 0.0825. The Balaban J connectivity index is 1.83. The molecule has 7 nitrogen and oxygen atoms in total. The summed E-state index contributed by atoms with van der Waals surface area (Å²) < 4.78 is 34.7. The lowest BCUT2D eigenvalue weighted by atomic mass is 10.1. The van der Waals surface area contributed by atoms with Crippen LogP contribution in [0.1, 0.15) is 16.1 Å². The van der Waals surface area contributed by atoms with E-state index in [9.17, 15) is 9.18 Å². The van der Waals surface area contributed by atoms with Crippen LogP contribution in [0.5, 0.6) is 23.0 Å². The third-order valence-electron chi connectivity index (χ3n) is 4.41.